The molecule has 1 aliphatic rings. The van der Waals surface area contributed by atoms with Gasteiger partial charge in [-0.05, 0) is 18.4 Å². The summed E-state index contributed by atoms with van der Waals surface area (Å²) in [7, 11) is 0. The molecule has 1 saturated carbocycles. The van der Waals surface area contributed by atoms with Crippen molar-refractivity contribution in [2.75, 3.05) is 0 Å². The van der Waals surface area contributed by atoms with Gasteiger partial charge in [-0.25, -0.2) is 0 Å². The predicted molar refractivity (Wildman–Crippen MR) is 62.9 cm³/mol. The lowest BCUT2D eigenvalue weighted by molar-refractivity contribution is -0.0168. The Labute approximate surface area is 92.1 Å². The van der Waals surface area contributed by atoms with E-state index in [4.69, 9.17) is 0 Å². The van der Waals surface area contributed by atoms with Gasteiger partial charge in [-0.1, -0.05) is 56.5 Å². The molecule has 0 aliphatic heterocycles. The molecule has 0 bridgehead atoms. The lowest BCUT2D eigenvalue weighted by atomic mass is 9.74. The molecule has 1 N–H and O–H groups in total. The van der Waals surface area contributed by atoms with Crippen LogP contribution in [0.25, 0.3) is 0 Å². The number of benzene rings is 1. The van der Waals surface area contributed by atoms with Gasteiger partial charge in [0.25, 0.3) is 0 Å². The van der Waals surface area contributed by atoms with Crippen molar-refractivity contribution in [3.05, 3.63) is 35.9 Å². The van der Waals surface area contributed by atoms with E-state index in [0.29, 0.717) is 0 Å². The van der Waals surface area contributed by atoms with Crippen molar-refractivity contribution in [1.29, 1.82) is 0 Å². The Bertz CT molecular complexity index is 298. The van der Waals surface area contributed by atoms with Gasteiger partial charge in [0.05, 0.1) is 5.60 Å². The highest BCUT2D eigenvalue weighted by molar-refractivity contribution is 5.22. The highest BCUT2D eigenvalue weighted by Crippen LogP contribution is 2.39. The van der Waals surface area contributed by atoms with E-state index in [-0.39, 0.29) is 5.92 Å². The molecule has 0 amide bonds. The van der Waals surface area contributed by atoms with E-state index in [2.05, 4.69) is 31.2 Å². The highest BCUT2D eigenvalue weighted by atomic mass is 16.3. The third-order valence-corrected chi connectivity index (χ3v) is 3.82. The first-order chi connectivity index (χ1) is 7.22. The summed E-state index contributed by atoms with van der Waals surface area (Å²) in [4.78, 5) is 0. The smallest absolute Gasteiger partial charge is 0.0713 e. The van der Waals surface area contributed by atoms with Gasteiger partial charge in [-0.3, -0.25) is 0 Å². The molecular weight excluding hydrogens is 184 g/mol. The van der Waals surface area contributed by atoms with Gasteiger partial charge >= 0.3 is 0 Å². The van der Waals surface area contributed by atoms with Gasteiger partial charge in [-0.2, -0.15) is 0 Å². The van der Waals surface area contributed by atoms with Crippen molar-refractivity contribution in [2.24, 2.45) is 0 Å². The Balaban J connectivity index is 2.16. The minimum atomic E-state index is -0.459. The fourth-order valence-electron chi connectivity index (χ4n) is 2.65. The SMILES string of the molecule is C[C@H](c1ccccc1)C1(O)CCCCC1. The topological polar surface area (TPSA) is 20.2 Å². The van der Waals surface area contributed by atoms with E-state index in [0.717, 1.165) is 12.8 Å². The standard InChI is InChI=1S/C14H20O/c1-12(13-8-4-2-5-9-13)14(15)10-6-3-7-11-14/h2,4-5,8-9,12,15H,3,6-7,10-11H2,1H3/t12-/m1/s1. The van der Waals surface area contributed by atoms with Crippen molar-refractivity contribution in [2.45, 2.75) is 50.5 Å². The van der Waals surface area contributed by atoms with E-state index in [1.54, 1.807) is 0 Å². The minimum absolute atomic E-state index is 0.263. The molecule has 1 aliphatic carbocycles. The van der Waals surface area contributed by atoms with Crippen LogP contribution < -0.4 is 0 Å². The zero-order valence-corrected chi connectivity index (χ0v) is 9.45. The normalized spacial score (nSPS) is 22.3. The summed E-state index contributed by atoms with van der Waals surface area (Å²) in [6.07, 6.45) is 5.55. The molecule has 1 aromatic carbocycles. The molecule has 1 heteroatoms. The highest BCUT2D eigenvalue weighted by Gasteiger charge is 2.35. The molecule has 0 spiro atoms. The molecule has 1 aromatic rings. The van der Waals surface area contributed by atoms with E-state index in [9.17, 15) is 5.11 Å². The first-order valence-electron chi connectivity index (χ1n) is 6.00. The second-order valence-electron chi connectivity index (χ2n) is 4.80. The van der Waals surface area contributed by atoms with Gasteiger partial charge < -0.3 is 5.11 Å². The van der Waals surface area contributed by atoms with Crippen LogP contribution in [0, 0.1) is 0 Å². The van der Waals surface area contributed by atoms with Crippen LogP contribution in [-0.4, -0.2) is 10.7 Å². The monoisotopic (exact) mass is 204 g/mol. The van der Waals surface area contributed by atoms with Crippen molar-refractivity contribution >= 4 is 0 Å². The molecule has 15 heavy (non-hydrogen) atoms. The van der Waals surface area contributed by atoms with Crippen LogP contribution in [0.3, 0.4) is 0 Å². The summed E-state index contributed by atoms with van der Waals surface area (Å²) in [5.41, 5.74) is 0.807. The zero-order valence-electron chi connectivity index (χ0n) is 9.45. The fraction of sp³-hybridized carbons (Fsp3) is 0.571. The van der Waals surface area contributed by atoms with E-state index >= 15 is 0 Å². The van der Waals surface area contributed by atoms with Gasteiger partial charge in [0, 0.05) is 5.92 Å². The Hall–Kier alpha value is -0.820. The molecular formula is C14H20O. The van der Waals surface area contributed by atoms with Crippen LogP contribution in [0.2, 0.25) is 0 Å². The van der Waals surface area contributed by atoms with E-state index in [1.165, 1.54) is 24.8 Å². The van der Waals surface area contributed by atoms with Crippen molar-refractivity contribution in [1.82, 2.24) is 0 Å². The summed E-state index contributed by atoms with van der Waals surface area (Å²) >= 11 is 0. The molecule has 2 rings (SSSR count). The second kappa shape index (κ2) is 4.36. The first-order valence-corrected chi connectivity index (χ1v) is 6.00. The Morgan fingerprint density at radius 2 is 1.67 bits per heavy atom. The maximum atomic E-state index is 10.6. The third kappa shape index (κ3) is 2.23. The predicted octanol–water partition coefficient (Wildman–Crippen LogP) is 3.49. The summed E-state index contributed by atoms with van der Waals surface area (Å²) in [5, 5.41) is 10.6. The molecule has 1 nitrogen and oxygen atoms in total. The molecule has 0 aromatic heterocycles. The van der Waals surface area contributed by atoms with Crippen LogP contribution in [0.5, 0.6) is 0 Å². The number of aliphatic hydroxyl groups is 1. The molecule has 1 fully saturated rings. The average molecular weight is 204 g/mol. The summed E-state index contributed by atoms with van der Waals surface area (Å²) < 4.78 is 0. The van der Waals surface area contributed by atoms with E-state index in [1.807, 2.05) is 6.07 Å². The Morgan fingerprint density at radius 1 is 1.07 bits per heavy atom. The van der Waals surface area contributed by atoms with Gasteiger partial charge in [0.1, 0.15) is 0 Å². The number of hydrogen-bond acceptors (Lipinski definition) is 1. The summed E-state index contributed by atoms with van der Waals surface area (Å²) in [6.45, 7) is 2.15. The summed E-state index contributed by atoms with van der Waals surface area (Å²) in [6, 6.07) is 10.4. The number of rotatable bonds is 2. The van der Waals surface area contributed by atoms with Gasteiger partial charge in [0.2, 0.25) is 0 Å². The van der Waals surface area contributed by atoms with Gasteiger partial charge in [-0.15, -0.1) is 0 Å². The largest absolute Gasteiger partial charge is 0.389 e. The van der Waals surface area contributed by atoms with Crippen LogP contribution >= 0.6 is 0 Å². The van der Waals surface area contributed by atoms with E-state index < -0.39 is 5.60 Å². The number of hydrogen-bond donors (Lipinski definition) is 1. The molecule has 0 saturated heterocycles. The molecule has 0 heterocycles. The maximum Gasteiger partial charge on any atom is 0.0713 e. The van der Waals surface area contributed by atoms with Crippen LogP contribution in [0.1, 0.15) is 50.5 Å². The van der Waals surface area contributed by atoms with Crippen molar-refractivity contribution in [3.8, 4) is 0 Å². The Kier molecular flexibility index (Phi) is 3.11. The van der Waals surface area contributed by atoms with Crippen LogP contribution in [-0.2, 0) is 0 Å². The van der Waals surface area contributed by atoms with Crippen molar-refractivity contribution in [3.63, 3.8) is 0 Å². The maximum absolute atomic E-state index is 10.6. The van der Waals surface area contributed by atoms with Crippen LogP contribution in [0.4, 0.5) is 0 Å². The molecule has 1 atom stereocenters. The zero-order chi connectivity index (χ0) is 10.7. The van der Waals surface area contributed by atoms with Crippen molar-refractivity contribution < 1.29 is 5.11 Å². The first kappa shape index (κ1) is 10.7. The molecule has 0 radical (unpaired) electrons. The van der Waals surface area contributed by atoms with Gasteiger partial charge in [0.15, 0.2) is 0 Å². The minimum Gasteiger partial charge on any atom is -0.389 e. The Morgan fingerprint density at radius 3 is 2.27 bits per heavy atom. The quantitative estimate of drug-likeness (QED) is 0.782. The lowest BCUT2D eigenvalue weighted by Gasteiger charge is -2.37. The van der Waals surface area contributed by atoms with Crippen LogP contribution in [0.15, 0.2) is 30.3 Å². The third-order valence-electron chi connectivity index (χ3n) is 3.82. The fourth-order valence-corrected chi connectivity index (χ4v) is 2.65. The summed E-state index contributed by atoms with van der Waals surface area (Å²) in [5.74, 6) is 0.263. The molecule has 0 unspecified atom stereocenters. The second-order valence-corrected chi connectivity index (χ2v) is 4.80. The lowest BCUT2D eigenvalue weighted by Crippen LogP contribution is -2.36. The average Bonchev–Trinajstić information content (AvgIpc) is 2.30. The molecule has 82 valence electrons.